The molecule has 1 unspecified atom stereocenters. The maximum atomic E-state index is 12.1. The van der Waals surface area contributed by atoms with E-state index >= 15 is 0 Å². The lowest BCUT2D eigenvalue weighted by atomic mass is 10.0. The first-order chi connectivity index (χ1) is 18.2. The van der Waals surface area contributed by atoms with Gasteiger partial charge in [-0.15, -0.1) is 0 Å². The Hall–Kier alpha value is -4.59. The second kappa shape index (κ2) is 10.0. The zero-order valence-corrected chi connectivity index (χ0v) is 22.1. The highest BCUT2D eigenvalue weighted by Crippen LogP contribution is 2.31. The summed E-state index contributed by atoms with van der Waals surface area (Å²) in [6.07, 6.45) is 5.07. The Morgan fingerprint density at radius 1 is 0.947 bits per heavy atom. The highest BCUT2D eigenvalue weighted by Gasteiger charge is 2.19. The Balaban J connectivity index is 1.44. The van der Waals surface area contributed by atoms with Crippen molar-refractivity contribution >= 4 is 17.1 Å². The van der Waals surface area contributed by atoms with Gasteiger partial charge in [-0.3, -0.25) is 4.98 Å². The number of benzene rings is 1. The third-order valence-corrected chi connectivity index (χ3v) is 6.02. The average molecular weight is 507 g/mol. The van der Waals surface area contributed by atoms with E-state index in [1.807, 2.05) is 102 Å². The van der Waals surface area contributed by atoms with Crippen LogP contribution in [0.3, 0.4) is 0 Å². The fourth-order valence-electron chi connectivity index (χ4n) is 4.20. The third kappa shape index (κ3) is 5.54. The molecule has 8 heteroatoms. The summed E-state index contributed by atoms with van der Waals surface area (Å²) in [7, 11) is 0. The van der Waals surface area contributed by atoms with Crippen LogP contribution in [0.15, 0.2) is 73.2 Å². The Bertz CT molecular complexity index is 1600. The van der Waals surface area contributed by atoms with E-state index in [-0.39, 0.29) is 6.04 Å². The van der Waals surface area contributed by atoms with Crippen LogP contribution in [0.4, 0.5) is 4.79 Å². The molecule has 0 spiro atoms. The van der Waals surface area contributed by atoms with Crippen LogP contribution in [0, 0.1) is 6.92 Å². The lowest BCUT2D eigenvalue weighted by Crippen LogP contribution is -2.34. The van der Waals surface area contributed by atoms with Crippen molar-refractivity contribution in [2.75, 3.05) is 0 Å². The molecule has 38 heavy (non-hydrogen) atoms. The minimum absolute atomic E-state index is 0.195. The number of alkyl carbamates (subject to hydrolysis) is 1. The topological polar surface area (TPSA) is 106 Å². The van der Waals surface area contributed by atoms with Crippen molar-refractivity contribution in [2.45, 2.75) is 46.3 Å². The van der Waals surface area contributed by atoms with Gasteiger partial charge in [0, 0.05) is 40.8 Å². The molecular formula is C30H30N6O2. The van der Waals surface area contributed by atoms with E-state index in [0.717, 1.165) is 50.4 Å². The van der Waals surface area contributed by atoms with Crippen LogP contribution in [0.5, 0.6) is 0 Å². The molecule has 0 aliphatic rings. The van der Waals surface area contributed by atoms with Gasteiger partial charge in [0.15, 0.2) is 5.82 Å². The quantitative estimate of drug-likeness (QED) is 0.277. The number of carbonyl (C=O) groups excluding carboxylic acids is 1. The summed E-state index contributed by atoms with van der Waals surface area (Å²) in [4.78, 5) is 34.1. The average Bonchev–Trinajstić information content (AvgIpc) is 3.36. The second-order valence-corrected chi connectivity index (χ2v) is 10.3. The van der Waals surface area contributed by atoms with E-state index in [4.69, 9.17) is 14.7 Å². The Morgan fingerprint density at radius 3 is 2.45 bits per heavy atom. The van der Waals surface area contributed by atoms with E-state index in [0.29, 0.717) is 5.82 Å². The number of aryl methyl sites for hydroxylation is 1. The van der Waals surface area contributed by atoms with Crippen molar-refractivity contribution in [3.05, 3.63) is 84.4 Å². The fourth-order valence-corrected chi connectivity index (χ4v) is 4.20. The SMILES string of the molecule is Cc1cccc(-c2nc(-c3cncc(-c4ccc(C(C)NC(=O)OC(C)(C)C)cc4)c3)c3cc[nH]c3n2)n1. The highest BCUT2D eigenvalue weighted by atomic mass is 16.6. The van der Waals surface area contributed by atoms with Crippen molar-refractivity contribution in [2.24, 2.45) is 0 Å². The number of hydrogen-bond donors (Lipinski definition) is 2. The molecule has 8 nitrogen and oxygen atoms in total. The molecule has 5 aromatic rings. The summed E-state index contributed by atoms with van der Waals surface area (Å²) in [6, 6.07) is 17.7. The summed E-state index contributed by atoms with van der Waals surface area (Å²) < 4.78 is 5.37. The lowest BCUT2D eigenvalue weighted by Gasteiger charge is -2.22. The molecule has 4 aromatic heterocycles. The molecule has 0 saturated carbocycles. The van der Waals surface area contributed by atoms with Crippen molar-refractivity contribution in [3.63, 3.8) is 0 Å². The van der Waals surface area contributed by atoms with Gasteiger partial charge < -0.3 is 15.0 Å². The van der Waals surface area contributed by atoms with Gasteiger partial charge in [0.05, 0.1) is 11.7 Å². The van der Waals surface area contributed by atoms with Crippen LogP contribution in [0.2, 0.25) is 0 Å². The predicted octanol–water partition coefficient (Wildman–Crippen LogP) is 6.64. The summed E-state index contributed by atoms with van der Waals surface area (Å²) in [5.41, 5.74) is 6.44. The van der Waals surface area contributed by atoms with Crippen molar-refractivity contribution in [3.8, 4) is 33.9 Å². The fraction of sp³-hybridized carbons (Fsp3) is 0.233. The molecule has 1 atom stereocenters. The second-order valence-electron chi connectivity index (χ2n) is 10.3. The first-order valence-electron chi connectivity index (χ1n) is 12.5. The zero-order valence-electron chi connectivity index (χ0n) is 22.1. The maximum absolute atomic E-state index is 12.1. The normalized spacial score (nSPS) is 12.3. The van der Waals surface area contributed by atoms with Gasteiger partial charge in [0.2, 0.25) is 0 Å². The molecule has 0 bridgehead atoms. The smallest absolute Gasteiger partial charge is 0.408 e. The molecule has 0 fully saturated rings. The van der Waals surface area contributed by atoms with E-state index in [1.54, 1.807) is 0 Å². The van der Waals surface area contributed by atoms with Crippen LogP contribution in [-0.4, -0.2) is 36.6 Å². The van der Waals surface area contributed by atoms with Crippen LogP contribution in [0.1, 0.15) is 45.0 Å². The van der Waals surface area contributed by atoms with Crippen LogP contribution < -0.4 is 5.32 Å². The summed E-state index contributed by atoms with van der Waals surface area (Å²) in [5, 5.41) is 3.80. The predicted molar refractivity (Wildman–Crippen MR) is 148 cm³/mol. The van der Waals surface area contributed by atoms with E-state index in [1.165, 1.54) is 0 Å². The third-order valence-electron chi connectivity index (χ3n) is 6.02. The molecule has 0 radical (unpaired) electrons. The van der Waals surface area contributed by atoms with E-state index < -0.39 is 11.7 Å². The number of ether oxygens (including phenoxy) is 1. The standard InChI is InChI=1S/C30H30N6O2/c1-18-7-6-8-25(33-18)28-35-26(24-13-14-32-27(24)36-28)23-15-22(16-31-17-23)21-11-9-20(10-12-21)19(2)34-29(37)38-30(3,4)5/h6-17,19H,1-5H3,(H,34,37)(H,32,35,36). The zero-order chi connectivity index (χ0) is 26.9. The summed E-state index contributed by atoms with van der Waals surface area (Å²) in [5.74, 6) is 0.555. The minimum Gasteiger partial charge on any atom is -0.444 e. The molecule has 0 aliphatic heterocycles. The molecule has 1 aromatic carbocycles. The van der Waals surface area contributed by atoms with Crippen molar-refractivity contribution in [1.29, 1.82) is 0 Å². The molecule has 0 aliphatic carbocycles. The van der Waals surface area contributed by atoms with Crippen molar-refractivity contribution in [1.82, 2.24) is 30.2 Å². The van der Waals surface area contributed by atoms with Gasteiger partial charge in [-0.2, -0.15) is 0 Å². The van der Waals surface area contributed by atoms with Gasteiger partial charge in [0.25, 0.3) is 0 Å². The number of nitrogens with one attached hydrogen (secondary N) is 2. The first-order valence-corrected chi connectivity index (χ1v) is 12.5. The maximum Gasteiger partial charge on any atom is 0.408 e. The lowest BCUT2D eigenvalue weighted by molar-refractivity contribution is 0.0508. The number of carbonyl (C=O) groups is 1. The van der Waals surface area contributed by atoms with Gasteiger partial charge in [-0.05, 0) is 70.0 Å². The van der Waals surface area contributed by atoms with Crippen LogP contribution in [-0.2, 0) is 4.74 Å². The Labute approximate surface area is 221 Å². The van der Waals surface area contributed by atoms with Gasteiger partial charge in [-0.1, -0.05) is 30.3 Å². The van der Waals surface area contributed by atoms with Gasteiger partial charge in [0.1, 0.15) is 16.9 Å². The number of nitrogens with zero attached hydrogens (tertiary/aromatic N) is 4. The number of H-pyrrole nitrogens is 1. The molecule has 192 valence electrons. The van der Waals surface area contributed by atoms with Crippen LogP contribution in [0.25, 0.3) is 44.9 Å². The van der Waals surface area contributed by atoms with Gasteiger partial charge >= 0.3 is 6.09 Å². The van der Waals surface area contributed by atoms with E-state index in [2.05, 4.69) is 26.3 Å². The number of hydrogen-bond acceptors (Lipinski definition) is 6. The monoisotopic (exact) mass is 506 g/mol. The summed E-state index contributed by atoms with van der Waals surface area (Å²) >= 11 is 0. The first kappa shape index (κ1) is 25.1. The number of aromatic amines is 1. The largest absolute Gasteiger partial charge is 0.444 e. The molecular weight excluding hydrogens is 476 g/mol. The number of pyridine rings is 2. The molecule has 5 rings (SSSR count). The number of aromatic nitrogens is 5. The van der Waals surface area contributed by atoms with Gasteiger partial charge in [-0.25, -0.2) is 19.7 Å². The minimum atomic E-state index is -0.543. The molecule has 0 saturated heterocycles. The van der Waals surface area contributed by atoms with Crippen LogP contribution >= 0.6 is 0 Å². The van der Waals surface area contributed by atoms with Crippen molar-refractivity contribution < 1.29 is 9.53 Å². The molecule has 4 heterocycles. The Kier molecular flexibility index (Phi) is 6.63. The highest BCUT2D eigenvalue weighted by molar-refractivity contribution is 5.92. The Morgan fingerprint density at radius 2 is 1.71 bits per heavy atom. The number of rotatable bonds is 5. The molecule has 1 amide bonds. The summed E-state index contributed by atoms with van der Waals surface area (Å²) in [6.45, 7) is 9.41. The van der Waals surface area contributed by atoms with E-state index in [9.17, 15) is 4.79 Å². The molecule has 2 N–H and O–H groups in total. The number of amides is 1. The number of fused-ring (bicyclic) bond motifs is 1.